The van der Waals surface area contributed by atoms with Crippen molar-refractivity contribution in [2.75, 3.05) is 4.72 Å². The molecular formula is C12H10F3NO3S2. The first-order valence-corrected chi connectivity index (χ1v) is 7.98. The molecule has 0 aliphatic rings. The maximum atomic E-state index is 12.8. The quantitative estimate of drug-likeness (QED) is 0.901. The predicted octanol–water partition coefficient (Wildman–Crippen LogP) is 3.06. The zero-order valence-corrected chi connectivity index (χ0v) is 12.0. The van der Waals surface area contributed by atoms with Crippen molar-refractivity contribution in [3.63, 3.8) is 0 Å². The lowest BCUT2D eigenvalue weighted by molar-refractivity contribution is -0.136. The van der Waals surface area contributed by atoms with Gasteiger partial charge in [0.2, 0.25) is 0 Å². The Balaban J connectivity index is 2.43. The molecule has 0 saturated carbocycles. The van der Waals surface area contributed by atoms with Gasteiger partial charge in [-0.1, -0.05) is 12.1 Å². The van der Waals surface area contributed by atoms with Gasteiger partial charge in [0.25, 0.3) is 10.0 Å². The van der Waals surface area contributed by atoms with Crippen molar-refractivity contribution in [2.45, 2.75) is 17.7 Å². The number of sulfonamides is 1. The molecule has 0 atom stereocenters. The Bertz CT molecular complexity index is 738. The molecule has 0 radical (unpaired) electrons. The van der Waals surface area contributed by atoms with Crippen LogP contribution in [0.3, 0.4) is 0 Å². The fraction of sp³-hybridized carbons (Fsp3) is 0.167. The smallest absolute Gasteiger partial charge is 0.391 e. The summed E-state index contributed by atoms with van der Waals surface area (Å²) in [6.07, 6.45) is -4.67. The third kappa shape index (κ3) is 3.36. The van der Waals surface area contributed by atoms with Crippen LogP contribution >= 0.6 is 11.3 Å². The molecule has 1 aromatic heterocycles. The minimum absolute atomic E-state index is 0.159. The molecule has 0 amide bonds. The molecule has 2 aromatic rings. The van der Waals surface area contributed by atoms with E-state index < -0.39 is 34.1 Å². The van der Waals surface area contributed by atoms with E-state index in [4.69, 9.17) is 5.11 Å². The van der Waals surface area contributed by atoms with Gasteiger partial charge in [-0.05, 0) is 23.6 Å². The first-order valence-electron chi connectivity index (χ1n) is 5.62. The summed E-state index contributed by atoms with van der Waals surface area (Å²) in [6.45, 7) is -0.505. The van der Waals surface area contributed by atoms with Crippen molar-refractivity contribution >= 4 is 27.0 Å². The van der Waals surface area contributed by atoms with Gasteiger partial charge in [-0.15, -0.1) is 11.3 Å². The molecule has 0 spiro atoms. The van der Waals surface area contributed by atoms with Gasteiger partial charge in [0.05, 0.1) is 22.7 Å². The zero-order chi connectivity index (χ0) is 15.7. The fourth-order valence-electron chi connectivity index (χ4n) is 1.70. The molecule has 9 heteroatoms. The lowest BCUT2D eigenvalue weighted by atomic mass is 10.2. The number of alkyl halides is 3. The Morgan fingerprint density at radius 1 is 1.19 bits per heavy atom. The number of hydrogen-bond acceptors (Lipinski definition) is 4. The minimum Gasteiger partial charge on any atom is -0.391 e. The summed E-state index contributed by atoms with van der Waals surface area (Å²) < 4.78 is 64.7. The third-order valence-electron chi connectivity index (χ3n) is 2.61. The van der Waals surface area contributed by atoms with Gasteiger partial charge >= 0.3 is 6.18 Å². The summed E-state index contributed by atoms with van der Waals surface area (Å²) in [7, 11) is -4.20. The summed E-state index contributed by atoms with van der Waals surface area (Å²) in [6, 6.07) is 5.52. The van der Waals surface area contributed by atoms with Crippen molar-refractivity contribution < 1.29 is 26.7 Å². The molecule has 0 aliphatic heterocycles. The lowest BCUT2D eigenvalue weighted by Gasteiger charge is -2.14. The van der Waals surface area contributed by atoms with Crippen LogP contribution in [0.1, 0.15) is 10.4 Å². The first-order chi connectivity index (χ1) is 9.75. The van der Waals surface area contributed by atoms with E-state index in [0.29, 0.717) is 0 Å². The van der Waals surface area contributed by atoms with E-state index in [1.807, 2.05) is 4.72 Å². The second kappa shape index (κ2) is 5.66. The van der Waals surface area contributed by atoms with Crippen LogP contribution in [0.2, 0.25) is 0 Å². The Hall–Kier alpha value is -1.58. The van der Waals surface area contributed by atoms with Crippen molar-refractivity contribution in [3.05, 3.63) is 46.2 Å². The third-order valence-corrected chi connectivity index (χ3v) is 5.10. The van der Waals surface area contributed by atoms with E-state index in [2.05, 4.69) is 0 Å². The second-order valence-electron chi connectivity index (χ2n) is 4.01. The number of nitrogens with one attached hydrogen (secondary N) is 1. The Morgan fingerprint density at radius 2 is 1.86 bits per heavy atom. The molecule has 0 fully saturated rings. The highest BCUT2D eigenvalue weighted by Crippen LogP contribution is 2.36. The van der Waals surface area contributed by atoms with Crippen molar-refractivity contribution in [1.82, 2.24) is 0 Å². The lowest BCUT2D eigenvalue weighted by Crippen LogP contribution is -2.17. The normalized spacial score (nSPS) is 12.4. The number of benzene rings is 1. The molecule has 0 bridgehead atoms. The molecule has 2 N–H and O–H groups in total. The Labute approximate surface area is 122 Å². The largest absolute Gasteiger partial charge is 0.418 e. The van der Waals surface area contributed by atoms with Crippen molar-refractivity contribution in [3.8, 4) is 0 Å². The van der Waals surface area contributed by atoms with Crippen LogP contribution in [-0.4, -0.2) is 13.5 Å². The highest BCUT2D eigenvalue weighted by Gasteiger charge is 2.34. The molecule has 1 aromatic carbocycles. The Morgan fingerprint density at radius 3 is 2.48 bits per heavy atom. The van der Waals surface area contributed by atoms with Gasteiger partial charge in [-0.3, -0.25) is 4.72 Å². The van der Waals surface area contributed by atoms with E-state index in [1.54, 1.807) is 0 Å². The summed E-state index contributed by atoms with van der Waals surface area (Å²) in [4.78, 5) is -0.0704. The van der Waals surface area contributed by atoms with Gasteiger partial charge in [0, 0.05) is 0 Å². The second-order valence-corrected chi connectivity index (χ2v) is 6.67. The minimum atomic E-state index is -4.67. The Kier molecular flexibility index (Phi) is 4.26. The van der Waals surface area contributed by atoms with Crippen LogP contribution in [0.4, 0.5) is 18.9 Å². The summed E-state index contributed by atoms with van der Waals surface area (Å²) in [5, 5.41) is 10.5. The van der Waals surface area contributed by atoms with Gasteiger partial charge in [-0.2, -0.15) is 13.2 Å². The van der Waals surface area contributed by atoms with Crippen LogP contribution in [-0.2, 0) is 22.8 Å². The average Bonchev–Trinajstić information content (AvgIpc) is 2.86. The van der Waals surface area contributed by atoms with Gasteiger partial charge in [0.15, 0.2) is 0 Å². The number of thiophene rings is 1. The standard InChI is InChI=1S/C12H10F3NO3S2/c13-12(14,15)8-3-1-2-4-9(8)16-21(18,19)11-5-6-20-10(11)7-17/h1-6,16-17H,7H2. The van der Waals surface area contributed by atoms with E-state index in [1.165, 1.54) is 23.6 Å². The van der Waals surface area contributed by atoms with Crippen molar-refractivity contribution in [2.24, 2.45) is 0 Å². The highest BCUT2D eigenvalue weighted by atomic mass is 32.2. The highest BCUT2D eigenvalue weighted by molar-refractivity contribution is 7.93. The number of rotatable bonds is 4. The molecule has 1 heterocycles. The SMILES string of the molecule is O=S(=O)(Nc1ccccc1C(F)(F)F)c1ccsc1CO. The molecule has 2 rings (SSSR count). The van der Waals surface area contributed by atoms with Gasteiger partial charge in [0.1, 0.15) is 4.90 Å². The van der Waals surface area contributed by atoms with Gasteiger partial charge in [-0.25, -0.2) is 8.42 Å². The van der Waals surface area contributed by atoms with Crippen LogP contribution in [0.15, 0.2) is 40.6 Å². The number of hydrogen-bond donors (Lipinski definition) is 2. The molecule has 0 unspecified atom stereocenters. The van der Waals surface area contributed by atoms with Crippen LogP contribution < -0.4 is 4.72 Å². The topological polar surface area (TPSA) is 66.4 Å². The summed E-state index contributed by atoms with van der Waals surface area (Å²) >= 11 is 1.01. The first kappa shape index (κ1) is 15.8. The predicted molar refractivity (Wildman–Crippen MR) is 72.5 cm³/mol. The number of halogens is 3. The molecule has 0 saturated heterocycles. The number of aliphatic hydroxyl groups excluding tert-OH is 1. The monoisotopic (exact) mass is 337 g/mol. The van der Waals surface area contributed by atoms with E-state index >= 15 is 0 Å². The molecule has 4 nitrogen and oxygen atoms in total. The summed E-state index contributed by atoms with van der Waals surface area (Å²) in [5.74, 6) is 0. The zero-order valence-electron chi connectivity index (χ0n) is 10.4. The van der Waals surface area contributed by atoms with Crippen LogP contribution in [0.5, 0.6) is 0 Å². The van der Waals surface area contributed by atoms with Crippen LogP contribution in [0, 0.1) is 0 Å². The number of anilines is 1. The van der Waals surface area contributed by atoms with Gasteiger partial charge < -0.3 is 5.11 Å². The summed E-state index contributed by atoms with van der Waals surface area (Å²) in [5.41, 5.74) is -1.63. The number of aliphatic hydroxyl groups is 1. The molecule has 114 valence electrons. The van der Waals surface area contributed by atoms with E-state index in [9.17, 15) is 21.6 Å². The van der Waals surface area contributed by atoms with Crippen LogP contribution in [0.25, 0.3) is 0 Å². The number of para-hydroxylation sites is 1. The van der Waals surface area contributed by atoms with Crippen molar-refractivity contribution in [1.29, 1.82) is 0 Å². The maximum Gasteiger partial charge on any atom is 0.418 e. The molecule has 21 heavy (non-hydrogen) atoms. The van der Waals surface area contributed by atoms with E-state index in [0.717, 1.165) is 23.5 Å². The van der Waals surface area contributed by atoms with E-state index in [-0.39, 0.29) is 9.77 Å². The molecular weight excluding hydrogens is 327 g/mol. The maximum absolute atomic E-state index is 12.8. The average molecular weight is 337 g/mol. The molecule has 0 aliphatic carbocycles. The fourth-order valence-corrected chi connectivity index (χ4v) is 4.08.